The summed E-state index contributed by atoms with van der Waals surface area (Å²) in [4.78, 5) is 87.2. The third-order valence-electron chi connectivity index (χ3n) is 15.1. The van der Waals surface area contributed by atoms with Crippen LogP contribution >= 0.6 is 7.82 Å². The van der Waals surface area contributed by atoms with Gasteiger partial charge in [0.2, 0.25) is 0 Å². The van der Waals surface area contributed by atoms with E-state index in [4.69, 9.17) is 14.0 Å². The van der Waals surface area contributed by atoms with E-state index >= 15 is 0 Å². The van der Waals surface area contributed by atoms with Crippen molar-refractivity contribution in [1.82, 2.24) is 0 Å². The van der Waals surface area contributed by atoms with Gasteiger partial charge in [-0.15, -0.1) is 0 Å². The Hall–Kier alpha value is -9.28. The lowest BCUT2D eigenvalue weighted by molar-refractivity contribution is -0.138. The van der Waals surface area contributed by atoms with Gasteiger partial charge in [-0.05, 0) is 139 Å². The third kappa shape index (κ3) is 12.2. The van der Waals surface area contributed by atoms with Crippen molar-refractivity contribution < 1.29 is 72.7 Å². The van der Waals surface area contributed by atoms with Crippen molar-refractivity contribution in [2.45, 2.75) is 58.0 Å². The molecule has 0 saturated carbocycles. The molecule has 0 bridgehead atoms. The van der Waals surface area contributed by atoms with E-state index in [2.05, 4.69) is 4.90 Å². The molecular formula is C64H59N2O15P. The maximum absolute atomic E-state index is 13.9. The van der Waals surface area contributed by atoms with Crippen LogP contribution in [0.5, 0.6) is 23.0 Å². The highest BCUT2D eigenvalue weighted by molar-refractivity contribution is 7.46. The van der Waals surface area contributed by atoms with Gasteiger partial charge in [-0.25, -0.2) is 14.2 Å². The largest absolute Gasteiger partial charge is 0.524 e. The highest BCUT2D eigenvalue weighted by atomic mass is 31.2. The number of carboxylic acids is 2. The molecule has 4 aliphatic rings. The average Bonchev–Trinajstić information content (AvgIpc) is 1.84. The molecule has 6 aromatic rings. The van der Waals surface area contributed by atoms with Gasteiger partial charge in [0.15, 0.2) is 5.78 Å². The summed E-state index contributed by atoms with van der Waals surface area (Å²) in [6, 6.07) is 33.0. The first-order chi connectivity index (χ1) is 39.0. The smallest absolute Gasteiger partial charge is 0.508 e. The average molecular weight is 1130 g/mol. The van der Waals surface area contributed by atoms with Crippen LogP contribution in [-0.2, 0) is 29.9 Å². The number of benzene rings is 6. The minimum atomic E-state index is -4.94. The molecule has 0 saturated heterocycles. The van der Waals surface area contributed by atoms with Crippen molar-refractivity contribution in [3.8, 4) is 23.0 Å². The summed E-state index contributed by atoms with van der Waals surface area (Å²) in [6.45, 7) is 6.82. The number of fused-ring (bicyclic) bond motifs is 4. The molecule has 420 valence electrons. The van der Waals surface area contributed by atoms with Crippen molar-refractivity contribution in [2.24, 2.45) is 11.8 Å². The van der Waals surface area contributed by atoms with Gasteiger partial charge in [-0.2, -0.15) is 0 Å². The summed E-state index contributed by atoms with van der Waals surface area (Å²) in [5.41, 5.74) is 7.97. The molecule has 0 aromatic heterocycles. The maximum Gasteiger partial charge on any atom is 0.524 e. The number of rotatable bonds is 13. The van der Waals surface area contributed by atoms with Crippen LogP contribution in [0.15, 0.2) is 175 Å². The lowest BCUT2D eigenvalue weighted by atomic mass is 9.73. The minimum Gasteiger partial charge on any atom is -0.508 e. The monoisotopic (exact) mass is 1130 g/mol. The molecule has 2 aliphatic heterocycles. The predicted molar refractivity (Wildman–Crippen MR) is 307 cm³/mol. The van der Waals surface area contributed by atoms with Crippen LogP contribution in [0.3, 0.4) is 0 Å². The summed E-state index contributed by atoms with van der Waals surface area (Å²) >= 11 is 0. The number of phosphoric ester groups is 1. The van der Waals surface area contributed by atoms with E-state index in [0.717, 1.165) is 28.1 Å². The van der Waals surface area contributed by atoms with Crippen LogP contribution in [0.25, 0.3) is 6.08 Å². The molecule has 2 heterocycles. The van der Waals surface area contributed by atoms with Crippen LogP contribution in [0.1, 0.15) is 77.1 Å². The van der Waals surface area contributed by atoms with Crippen LogP contribution < -0.4 is 19.3 Å². The van der Waals surface area contributed by atoms with Gasteiger partial charge in [-0.3, -0.25) is 24.2 Å². The number of carbonyl (C=O) groups is 5. The molecule has 18 heteroatoms. The number of ketones is 1. The number of allylic oxidation sites excluding steroid dienone is 3. The first kappa shape index (κ1) is 57.4. The van der Waals surface area contributed by atoms with Gasteiger partial charge in [0.25, 0.3) is 0 Å². The molecule has 6 unspecified atom stereocenters. The van der Waals surface area contributed by atoms with E-state index in [1.54, 1.807) is 88.4 Å². The van der Waals surface area contributed by atoms with Crippen LogP contribution in [-0.4, -0.2) is 86.1 Å². The molecule has 0 spiro atoms. The van der Waals surface area contributed by atoms with Crippen molar-refractivity contribution in [3.63, 3.8) is 0 Å². The maximum atomic E-state index is 13.9. The van der Waals surface area contributed by atoms with Gasteiger partial charge in [-0.1, -0.05) is 97.1 Å². The van der Waals surface area contributed by atoms with E-state index in [-0.39, 0.29) is 52.5 Å². The molecule has 2 aliphatic carbocycles. The van der Waals surface area contributed by atoms with Crippen LogP contribution in [0, 0.1) is 39.5 Å². The normalized spacial score (nSPS) is 19.6. The number of esters is 2. The van der Waals surface area contributed by atoms with E-state index in [0.29, 0.717) is 50.5 Å². The zero-order valence-electron chi connectivity index (χ0n) is 45.5. The first-order valence-corrected chi connectivity index (χ1v) is 27.6. The second-order valence-electron chi connectivity index (χ2n) is 20.7. The summed E-state index contributed by atoms with van der Waals surface area (Å²) in [5, 5.41) is 37.9. The van der Waals surface area contributed by atoms with E-state index < -0.39 is 55.5 Å². The summed E-state index contributed by atoms with van der Waals surface area (Å²) in [6.07, 6.45) is 12.5. The molecule has 0 fully saturated rings. The first-order valence-electron chi connectivity index (χ1n) is 26.1. The van der Waals surface area contributed by atoms with E-state index in [1.165, 1.54) is 42.5 Å². The predicted octanol–water partition coefficient (Wildman–Crippen LogP) is 10.6. The lowest BCUT2D eigenvalue weighted by Crippen LogP contribution is -2.47. The topological polar surface area (TPSA) is 258 Å². The number of likely N-dealkylation sites (N-methyl/N-ethyl adjacent to an activating group) is 2. The Labute approximate surface area is 472 Å². The van der Waals surface area contributed by atoms with Gasteiger partial charge in [0.1, 0.15) is 28.8 Å². The van der Waals surface area contributed by atoms with Gasteiger partial charge < -0.3 is 44.2 Å². The second-order valence-corrected chi connectivity index (χ2v) is 21.8. The molecule has 0 radical (unpaired) electrons. The molecule has 82 heavy (non-hydrogen) atoms. The standard InChI is InChI=1S/C32H30NO9P.C32H29NO6/c1-18-14-22(31(35)36)15-19(2)30(18)41-32(37)29-24-6-4-5-7-26(24)33(3)27-17-21(10-13-25(27)29)28(42-43(38,39)40)16-20-8-11-23(34)12-9-20;1-18-14-22(31(36)37)15-19(2)30(18)39-32(38)29-24-6-4-5-7-26(24)33(3)27-17-21(10-13-25(27)29)28(35)16-20-8-11-23(34)12-9-20/h4-17,25,27,29,34H,1-3H3,(H,35,36)(H2,38,39,40);4-15,17,25,27,29,34H,16H2,1-3H3,(H,36,37)/b28-16-;. The number of anilines is 2. The number of hydrogen-bond acceptors (Lipinski definition) is 13. The number of carboxylic acid groups (broad SMARTS) is 2. The van der Waals surface area contributed by atoms with Crippen molar-refractivity contribution >= 4 is 54.9 Å². The summed E-state index contributed by atoms with van der Waals surface area (Å²) < 4.78 is 28.9. The number of aromatic hydroxyl groups is 2. The fourth-order valence-electron chi connectivity index (χ4n) is 11.2. The fourth-order valence-corrected chi connectivity index (χ4v) is 11.6. The Morgan fingerprint density at radius 1 is 0.573 bits per heavy atom. The lowest BCUT2D eigenvalue weighted by Gasteiger charge is -2.44. The van der Waals surface area contributed by atoms with E-state index in [9.17, 15) is 58.8 Å². The van der Waals surface area contributed by atoms with Gasteiger partial charge >= 0.3 is 31.7 Å². The third-order valence-corrected chi connectivity index (χ3v) is 15.5. The van der Waals surface area contributed by atoms with Crippen LogP contribution in [0.2, 0.25) is 0 Å². The van der Waals surface area contributed by atoms with Gasteiger partial charge in [0, 0.05) is 54.9 Å². The second kappa shape index (κ2) is 23.4. The Morgan fingerprint density at radius 3 is 1.40 bits per heavy atom. The molecule has 6 aromatic carbocycles. The van der Waals surface area contributed by atoms with Crippen molar-refractivity contribution in [2.75, 3.05) is 23.9 Å². The number of carbonyl (C=O) groups excluding carboxylic acids is 3. The highest BCUT2D eigenvalue weighted by Crippen LogP contribution is 2.49. The number of ether oxygens (including phenoxy) is 2. The molecule has 0 amide bonds. The Kier molecular flexibility index (Phi) is 16.4. The number of phenolic OH excluding ortho intramolecular Hbond substituents is 2. The zero-order valence-corrected chi connectivity index (χ0v) is 46.4. The quantitative estimate of drug-likeness (QED) is 0.0272. The van der Waals surface area contributed by atoms with E-state index in [1.807, 2.05) is 79.7 Å². The number of Topliss-reactive ketones (excluding diaryl/α,β-unsaturated/α-hetero) is 1. The summed E-state index contributed by atoms with van der Waals surface area (Å²) in [7, 11) is -1.12. The Balaban J connectivity index is 0.000000198. The number of hydrogen-bond donors (Lipinski definition) is 6. The SMILES string of the molecule is Cc1cc(C(=O)O)cc(C)c1OC(=O)C1c2ccccc2N(C)C2C=C(/C(=C/c3ccc(O)cc3)OP(=O)(O)O)C=CC12.Cc1cc(C(=O)O)cc(C)c1OC(=O)C1c2ccccc2N(C)C2C=C(C(=O)Cc3ccc(O)cc3)C=CC12. The number of phenols is 2. The number of aryl methyl sites for hydroxylation is 4. The zero-order chi connectivity index (χ0) is 58.9. The number of para-hydroxylation sites is 2. The number of phosphoric acid groups is 1. The highest BCUT2D eigenvalue weighted by Gasteiger charge is 2.46. The summed E-state index contributed by atoms with van der Waals surface area (Å²) in [5.74, 6) is -4.40. The fraction of sp³-hybridized carbons (Fsp3) is 0.203. The molecule has 6 N–H and O–H groups in total. The van der Waals surface area contributed by atoms with Crippen molar-refractivity contribution in [1.29, 1.82) is 0 Å². The molecule has 17 nitrogen and oxygen atoms in total. The van der Waals surface area contributed by atoms with Gasteiger partial charge in [0.05, 0.1) is 35.0 Å². The van der Waals surface area contributed by atoms with Crippen LogP contribution in [0.4, 0.5) is 11.4 Å². The Bertz CT molecular complexity index is 3710. The minimum absolute atomic E-state index is 0.0397. The molecular weight excluding hydrogens is 1070 g/mol. The Morgan fingerprint density at radius 2 is 0.976 bits per heavy atom. The van der Waals surface area contributed by atoms with Crippen molar-refractivity contribution in [3.05, 3.63) is 230 Å². The number of nitrogens with zero attached hydrogens (tertiary/aromatic N) is 2. The number of aromatic carboxylic acids is 2. The molecule has 10 rings (SSSR count). The molecule has 6 atom stereocenters.